The predicted molar refractivity (Wildman–Crippen MR) is 112 cm³/mol. The van der Waals surface area contributed by atoms with E-state index in [1.54, 1.807) is 11.3 Å². The van der Waals surface area contributed by atoms with E-state index in [-0.39, 0.29) is 5.56 Å². The maximum atomic E-state index is 12.7. The molecule has 0 saturated carbocycles. The van der Waals surface area contributed by atoms with E-state index in [9.17, 15) is 4.79 Å². The van der Waals surface area contributed by atoms with Gasteiger partial charge >= 0.3 is 0 Å². The first-order valence-corrected chi connectivity index (χ1v) is 9.40. The number of aromatic nitrogens is 1. The molecule has 0 saturated heterocycles. The van der Waals surface area contributed by atoms with Crippen LogP contribution in [0.15, 0.2) is 77.6 Å². The summed E-state index contributed by atoms with van der Waals surface area (Å²) in [4.78, 5) is 15.8. The van der Waals surface area contributed by atoms with Crippen molar-refractivity contribution in [3.63, 3.8) is 0 Å². The summed E-state index contributed by atoms with van der Waals surface area (Å²) in [5.41, 5.74) is 0.892. The molecule has 0 fully saturated rings. The third kappa shape index (κ3) is 1.73. The molecule has 0 bridgehead atoms. The van der Waals surface area contributed by atoms with Gasteiger partial charge in [0.2, 0.25) is 0 Å². The largest absolute Gasteiger partial charge is 0.321 e. The number of H-pyrrole nitrogens is 1. The molecule has 4 aromatic carbocycles. The van der Waals surface area contributed by atoms with Crippen LogP contribution >= 0.6 is 11.3 Å². The van der Waals surface area contributed by atoms with E-state index >= 15 is 0 Å². The van der Waals surface area contributed by atoms with E-state index in [2.05, 4.69) is 59.6 Å². The van der Waals surface area contributed by atoms with Crippen molar-refractivity contribution in [2.45, 2.75) is 0 Å². The van der Waals surface area contributed by atoms with Crippen LogP contribution in [0.4, 0.5) is 0 Å². The molecule has 0 aliphatic heterocycles. The lowest BCUT2D eigenvalue weighted by molar-refractivity contribution is 1.36. The molecular formula is C23H13NOS. The summed E-state index contributed by atoms with van der Waals surface area (Å²) in [6.07, 6.45) is 0. The summed E-state index contributed by atoms with van der Waals surface area (Å²) < 4.78 is 1.96. The minimum Gasteiger partial charge on any atom is -0.321 e. The smallest absolute Gasteiger partial charge is 0.266 e. The fourth-order valence-corrected chi connectivity index (χ4v) is 5.20. The molecule has 0 amide bonds. The van der Waals surface area contributed by atoms with Crippen molar-refractivity contribution >= 4 is 64.0 Å². The molecule has 26 heavy (non-hydrogen) atoms. The summed E-state index contributed by atoms with van der Waals surface area (Å²) in [5.74, 6) is 0. The van der Waals surface area contributed by atoms with Crippen molar-refractivity contribution in [1.29, 1.82) is 0 Å². The van der Waals surface area contributed by atoms with Crippen molar-refractivity contribution < 1.29 is 0 Å². The molecule has 0 unspecified atom stereocenters. The highest BCUT2D eigenvalue weighted by Gasteiger charge is 2.15. The van der Waals surface area contributed by atoms with E-state index in [1.165, 1.54) is 21.5 Å². The number of hydrogen-bond acceptors (Lipinski definition) is 2. The Kier molecular flexibility index (Phi) is 2.66. The second kappa shape index (κ2) is 4.93. The van der Waals surface area contributed by atoms with Gasteiger partial charge in [-0.2, -0.15) is 0 Å². The highest BCUT2D eigenvalue weighted by molar-refractivity contribution is 7.26. The number of nitrogens with one attached hydrogen (secondary N) is 1. The molecule has 122 valence electrons. The van der Waals surface area contributed by atoms with Crippen LogP contribution in [0.1, 0.15) is 0 Å². The molecule has 2 heterocycles. The minimum atomic E-state index is -0.00622. The zero-order valence-corrected chi connectivity index (χ0v) is 14.6. The van der Waals surface area contributed by atoms with Gasteiger partial charge in [-0.25, -0.2) is 0 Å². The number of fused-ring (bicyclic) bond motifs is 9. The van der Waals surface area contributed by atoms with Crippen molar-refractivity contribution in [3.8, 4) is 0 Å². The lowest BCUT2D eigenvalue weighted by Crippen LogP contribution is -2.04. The van der Waals surface area contributed by atoms with Gasteiger partial charge in [0, 0.05) is 26.4 Å². The van der Waals surface area contributed by atoms with Crippen LogP contribution in [0.2, 0.25) is 0 Å². The molecule has 2 aromatic heterocycles. The Hall–Kier alpha value is -3.17. The topological polar surface area (TPSA) is 32.9 Å². The Morgan fingerprint density at radius 1 is 0.654 bits per heavy atom. The molecule has 0 radical (unpaired) electrons. The molecule has 6 aromatic rings. The average Bonchev–Trinajstić information content (AvgIpc) is 3.08. The second-order valence-corrected chi connectivity index (χ2v) is 7.68. The Labute approximate surface area is 152 Å². The number of pyridine rings is 1. The van der Waals surface area contributed by atoms with Crippen LogP contribution in [-0.2, 0) is 0 Å². The van der Waals surface area contributed by atoms with Gasteiger partial charge in [-0.15, -0.1) is 11.3 Å². The Morgan fingerprint density at radius 2 is 1.38 bits per heavy atom. The van der Waals surface area contributed by atoms with Crippen LogP contribution in [0, 0.1) is 0 Å². The Balaban J connectivity index is 2.06. The third-order valence-corrected chi connectivity index (χ3v) is 6.38. The normalized spacial score (nSPS) is 12.0. The third-order valence-electron chi connectivity index (χ3n) is 5.21. The minimum absolute atomic E-state index is 0.00622. The molecule has 0 spiro atoms. The highest BCUT2D eigenvalue weighted by Crippen LogP contribution is 2.40. The van der Waals surface area contributed by atoms with Crippen LogP contribution < -0.4 is 5.56 Å². The number of aromatic amines is 1. The monoisotopic (exact) mass is 351 g/mol. The summed E-state index contributed by atoms with van der Waals surface area (Å²) in [6, 6.07) is 25.2. The van der Waals surface area contributed by atoms with Crippen LogP contribution in [0.3, 0.4) is 0 Å². The first-order valence-electron chi connectivity index (χ1n) is 8.59. The quantitative estimate of drug-likeness (QED) is 0.325. The van der Waals surface area contributed by atoms with Crippen LogP contribution in [-0.4, -0.2) is 4.98 Å². The lowest BCUT2D eigenvalue weighted by Gasteiger charge is -2.09. The van der Waals surface area contributed by atoms with Gasteiger partial charge in [-0.05, 0) is 33.7 Å². The molecule has 6 rings (SSSR count). The molecule has 1 N–H and O–H groups in total. The fourth-order valence-electron chi connectivity index (χ4n) is 4.09. The summed E-state index contributed by atoms with van der Waals surface area (Å²) in [6.45, 7) is 0. The zero-order valence-electron chi connectivity index (χ0n) is 13.7. The van der Waals surface area contributed by atoms with Crippen molar-refractivity contribution in [3.05, 3.63) is 83.2 Å². The molecule has 2 nitrogen and oxygen atoms in total. The molecule has 0 aliphatic carbocycles. The SMILES string of the molecule is O=c1[nH]c2ccc3ccc4ccccc4c3c2c2c1sc1ccccc12. The summed E-state index contributed by atoms with van der Waals surface area (Å²) >= 11 is 1.57. The van der Waals surface area contributed by atoms with E-state index < -0.39 is 0 Å². The zero-order chi connectivity index (χ0) is 17.3. The molecular weight excluding hydrogens is 338 g/mol. The highest BCUT2D eigenvalue weighted by atomic mass is 32.1. The van der Waals surface area contributed by atoms with Gasteiger partial charge in [0.05, 0.1) is 0 Å². The van der Waals surface area contributed by atoms with Gasteiger partial charge in [0.25, 0.3) is 5.56 Å². The first-order chi connectivity index (χ1) is 12.8. The van der Waals surface area contributed by atoms with Gasteiger partial charge in [0.15, 0.2) is 0 Å². The number of benzene rings is 4. The second-order valence-electron chi connectivity index (χ2n) is 6.63. The average molecular weight is 351 g/mol. The summed E-state index contributed by atoms with van der Waals surface area (Å²) in [5, 5.41) is 8.22. The van der Waals surface area contributed by atoms with E-state index in [0.717, 1.165) is 31.1 Å². The van der Waals surface area contributed by atoms with Crippen molar-refractivity contribution in [2.24, 2.45) is 0 Å². The fraction of sp³-hybridized carbons (Fsp3) is 0. The van der Waals surface area contributed by atoms with E-state index in [1.807, 2.05) is 18.2 Å². The Morgan fingerprint density at radius 3 is 2.31 bits per heavy atom. The van der Waals surface area contributed by atoms with Gasteiger partial charge in [-0.1, -0.05) is 60.7 Å². The van der Waals surface area contributed by atoms with Crippen LogP contribution in [0.5, 0.6) is 0 Å². The van der Waals surface area contributed by atoms with E-state index in [4.69, 9.17) is 0 Å². The number of thiophene rings is 1. The first kappa shape index (κ1) is 14.0. The predicted octanol–water partition coefficient (Wildman–Crippen LogP) is 6.20. The number of rotatable bonds is 0. The number of hydrogen-bond donors (Lipinski definition) is 1. The lowest BCUT2D eigenvalue weighted by atomic mass is 9.96. The van der Waals surface area contributed by atoms with E-state index in [0.29, 0.717) is 0 Å². The molecule has 3 heteroatoms. The van der Waals surface area contributed by atoms with Gasteiger partial charge < -0.3 is 4.98 Å². The maximum Gasteiger partial charge on any atom is 0.266 e. The van der Waals surface area contributed by atoms with Crippen molar-refractivity contribution in [2.75, 3.05) is 0 Å². The standard InChI is InChI=1S/C23H13NOS/c25-23-22-20(16-7-3-4-8-18(16)26-22)21-17(24-23)12-11-14-10-9-13-5-1-2-6-15(13)19(14)21/h1-12H,(H,24,25). The van der Waals surface area contributed by atoms with Crippen molar-refractivity contribution in [1.82, 2.24) is 4.98 Å². The van der Waals surface area contributed by atoms with Gasteiger partial charge in [0.1, 0.15) is 4.70 Å². The molecule has 0 aliphatic rings. The maximum absolute atomic E-state index is 12.7. The van der Waals surface area contributed by atoms with Crippen LogP contribution in [0.25, 0.3) is 52.6 Å². The molecule has 0 atom stereocenters. The summed E-state index contributed by atoms with van der Waals surface area (Å²) in [7, 11) is 0. The Bertz CT molecular complexity index is 1560. The van der Waals surface area contributed by atoms with Gasteiger partial charge in [-0.3, -0.25) is 4.79 Å².